The van der Waals surface area contributed by atoms with E-state index < -0.39 is 0 Å². The Morgan fingerprint density at radius 1 is 1.03 bits per heavy atom. The molecule has 1 aliphatic rings. The molecule has 0 bridgehead atoms. The van der Waals surface area contributed by atoms with E-state index >= 15 is 0 Å². The minimum atomic E-state index is -0.0536. The molecule has 6 nitrogen and oxygen atoms in total. The molecule has 31 heavy (non-hydrogen) atoms. The number of rotatable bonds is 11. The van der Waals surface area contributed by atoms with Crippen LogP contribution in [-0.4, -0.2) is 44.1 Å². The number of carbonyl (C=O) groups excluding carboxylic acids is 1. The van der Waals surface area contributed by atoms with Crippen LogP contribution in [0.25, 0.3) is 0 Å². The summed E-state index contributed by atoms with van der Waals surface area (Å²) in [7, 11) is 0. The van der Waals surface area contributed by atoms with Crippen molar-refractivity contribution in [2.75, 3.05) is 26.2 Å². The Kier molecular flexibility index (Phi) is 9.03. The van der Waals surface area contributed by atoms with Crippen molar-refractivity contribution in [1.29, 1.82) is 0 Å². The third-order valence-electron chi connectivity index (χ3n) is 4.87. The van der Waals surface area contributed by atoms with Gasteiger partial charge in [0.05, 0.1) is 0 Å². The van der Waals surface area contributed by atoms with Crippen molar-refractivity contribution < 1.29 is 9.53 Å². The van der Waals surface area contributed by atoms with Gasteiger partial charge in [-0.1, -0.05) is 35.9 Å². The molecule has 0 aromatic heterocycles. The van der Waals surface area contributed by atoms with Crippen molar-refractivity contribution in [3.8, 4) is 5.75 Å². The second-order valence-corrected chi connectivity index (χ2v) is 8.02. The van der Waals surface area contributed by atoms with E-state index in [0.29, 0.717) is 18.3 Å². The maximum atomic E-state index is 11.7. The van der Waals surface area contributed by atoms with Gasteiger partial charge in [-0.15, -0.1) is 0 Å². The zero-order valence-corrected chi connectivity index (χ0v) is 18.8. The smallest absolute Gasteiger partial charge is 0.258 e. The lowest BCUT2D eigenvalue weighted by Crippen LogP contribution is -2.38. The van der Waals surface area contributed by atoms with E-state index in [9.17, 15) is 4.79 Å². The SMILES string of the molecule is CCNC(=NCCc1ccc(Cl)cc1)NCCc1ccc(OCC(=O)NC2CC2)cc1. The summed E-state index contributed by atoms with van der Waals surface area (Å²) in [6.45, 7) is 4.41. The molecule has 3 rings (SSSR count). The van der Waals surface area contributed by atoms with Crippen LogP contribution in [0.15, 0.2) is 53.5 Å². The summed E-state index contributed by atoms with van der Waals surface area (Å²) in [4.78, 5) is 16.3. The first kappa shape index (κ1) is 22.9. The predicted molar refractivity (Wildman–Crippen MR) is 126 cm³/mol. The van der Waals surface area contributed by atoms with Crippen LogP contribution >= 0.6 is 11.6 Å². The molecule has 0 unspecified atom stereocenters. The van der Waals surface area contributed by atoms with Crippen LogP contribution in [-0.2, 0) is 17.6 Å². The average molecular weight is 443 g/mol. The summed E-state index contributed by atoms with van der Waals surface area (Å²) in [5, 5.41) is 10.3. The van der Waals surface area contributed by atoms with Crippen molar-refractivity contribution in [3.05, 3.63) is 64.7 Å². The molecule has 1 fully saturated rings. The Labute approximate surface area is 189 Å². The van der Waals surface area contributed by atoms with Crippen LogP contribution in [0, 0.1) is 0 Å². The molecule has 0 radical (unpaired) electrons. The molecule has 0 heterocycles. The van der Waals surface area contributed by atoms with Gasteiger partial charge in [-0.2, -0.15) is 0 Å². The minimum absolute atomic E-state index is 0.0536. The number of hydrogen-bond donors (Lipinski definition) is 3. The average Bonchev–Trinajstić information content (AvgIpc) is 3.58. The first-order valence-corrected chi connectivity index (χ1v) is 11.3. The number of nitrogens with one attached hydrogen (secondary N) is 3. The van der Waals surface area contributed by atoms with E-state index in [-0.39, 0.29) is 12.5 Å². The van der Waals surface area contributed by atoms with Gasteiger partial charge < -0.3 is 20.7 Å². The Morgan fingerprint density at radius 3 is 2.39 bits per heavy atom. The van der Waals surface area contributed by atoms with Crippen LogP contribution in [0.5, 0.6) is 5.75 Å². The maximum absolute atomic E-state index is 11.7. The van der Waals surface area contributed by atoms with E-state index in [1.807, 2.05) is 48.5 Å². The molecule has 2 aromatic carbocycles. The van der Waals surface area contributed by atoms with Crippen LogP contribution in [0.2, 0.25) is 5.02 Å². The first-order chi connectivity index (χ1) is 15.1. The highest BCUT2D eigenvalue weighted by Gasteiger charge is 2.23. The van der Waals surface area contributed by atoms with E-state index in [1.165, 1.54) is 11.1 Å². The zero-order valence-electron chi connectivity index (χ0n) is 18.0. The minimum Gasteiger partial charge on any atom is -0.484 e. The lowest BCUT2D eigenvalue weighted by molar-refractivity contribution is -0.123. The van der Waals surface area contributed by atoms with Gasteiger partial charge in [0.25, 0.3) is 5.91 Å². The Balaban J connectivity index is 1.37. The fourth-order valence-electron chi connectivity index (χ4n) is 3.01. The number of amides is 1. The number of halogens is 1. The van der Waals surface area contributed by atoms with E-state index in [2.05, 4.69) is 27.9 Å². The van der Waals surface area contributed by atoms with E-state index in [0.717, 1.165) is 49.8 Å². The van der Waals surface area contributed by atoms with Gasteiger partial charge in [0.2, 0.25) is 0 Å². The monoisotopic (exact) mass is 442 g/mol. The lowest BCUT2D eigenvalue weighted by atomic mass is 10.1. The molecule has 1 amide bonds. The maximum Gasteiger partial charge on any atom is 0.258 e. The normalized spacial score (nSPS) is 13.5. The third-order valence-corrected chi connectivity index (χ3v) is 5.12. The molecule has 0 atom stereocenters. The largest absolute Gasteiger partial charge is 0.484 e. The van der Waals surface area contributed by atoms with Gasteiger partial charge in [-0.3, -0.25) is 9.79 Å². The molecular formula is C24H31ClN4O2. The summed E-state index contributed by atoms with van der Waals surface area (Å²) in [5.74, 6) is 1.47. The lowest BCUT2D eigenvalue weighted by Gasteiger charge is -2.12. The van der Waals surface area contributed by atoms with Gasteiger partial charge in [0, 0.05) is 30.7 Å². The molecule has 1 aliphatic carbocycles. The highest BCUT2D eigenvalue weighted by atomic mass is 35.5. The number of ether oxygens (including phenoxy) is 1. The summed E-state index contributed by atoms with van der Waals surface area (Å²) in [6.07, 6.45) is 3.89. The molecule has 3 N–H and O–H groups in total. The Morgan fingerprint density at radius 2 is 1.71 bits per heavy atom. The number of hydrogen-bond acceptors (Lipinski definition) is 3. The fourth-order valence-corrected chi connectivity index (χ4v) is 3.14. The van der Waals surface area contributed by atoms with Crippen molar-refractivity contribution >= 4 is 23.5 Å². The van der Waals surface area contributed by atoms with Crippen molar-refractivity contribution in [2.24, 2.45) is 4.99 Å². The van der Waals surface area contributed by atoms with Gasteiger partial charge >= 0.3 is 0 Å². The van der Waals surface area contributed by atoms with Gasteiger partial charge in [-0.05, 0) is 68.0 Å². The first-order valence-electron chi connectivity index (χ1n) is 10.9. The second-order valence-electron chi connectivity index (χ2n) is 7.59. The highest BCUT2D eigenvalue weighted by Crippen LogP contribution is 2.18. The van der Waals surface area contributed by atoms with Gasteiger partial charge in [0.1, 0.15) is 5.75 Å². The molecule has 0 spiro atoms. The number of carbonyl (C=O) groups is 1. The predicted octanol–water partition coefficient (Wildman–Crippen LogP) is 3.34. The summed E-state index contributed by atoms with van der Waals surface area (Å²) in [5.41, 5.74) is 2.41. The van der Waals surface area contributed by atoms with Crippen LogP contribution in [0.4, 0.5) is 0 Å². The van der Waals surface area contributed by atoms with Crippen molar-refractivity contribution in [1.82, 2.24) is 16.0 Å². The molecule has 1 saturated carbocycles. The Bertz CT molecular complexity index is 849. The van der Waals surface area contributed by atoms with Crippen molar-refractivity contribution in [2.45, 2.75) is 38.6 Å². The summed E-state index contributed by atoms with van der Waals surface area (Å²) in [6, 6.07) is 16.1. The fraction of sp³-hybridized carbons (Fsp3) is 0.417. The number of guanidine groups is 1. The van der Waals surface area contributed by atoms with E-state index in [4.69, 9.17) is 16.3 Å². The summed E-state index contributed by atoms with van der Waals surface area (Å²) < 4.78 is 5.55. The molecule has 2 aromatic rings. The van der Waals surface area contributed by atoms with Gasteiger partial charge in [-0.25, -0.2) is 0 Å². The number of aliphatic imine (C=N–C) groups is 1. The Hall–Kier alpha value is -2.73. The van der Waals surface area contributed by atoms with E-state index in [1.54, 1.807) is 0 Å². The second kappa shape index (κ2) is 12.2. The summed E-state index contributed by atoms with van der Waals surface area (Å²) >= 11 is 5.93. The number of benzene rings is 2. The molecule has 166 valence electrons. The zero-order chi connectivity index (χ0) is 21.9. The molecule has 0 saturated heterocycles. The van der Waals surface area contributed by atoms with Crippen LogP contribution < -0.4 is 20.7 Å². The van der Waals surface area contributed by atoms with Crippen LogP contribution in [0.1, 0.15) is 30.9 Å². The topological polar surface area (TPSA) is 74.8 Å². The molecule has 0 aliphatic heterocycles. The molecule has 7 heteroatoms. The van der Waals surface area contributed by atoms with Crippen LogP contribution in [0.3, 0.4) is 0 Å². The highest BCUT2D eigenvalue weighted by molar-refractivity contribution is 6.30. The molecular weight excluding hydrogens is 412 g/mol. The quantitative estimate of drug-likeness (QED) is 0.368. The standard InChI is InChI=1S/C24H31ClN4O2/c1-2-26-24(27-15-13-18-3-7-20(25)8-4-18)28-16-14-19-5-11-22(12-6-19)31-17-23(30)29-21-9-10-21/h3-8,11-12,21H,2,9-10,13-17H2,1H3,(H,29,30)(H2,26,27,28). The third kappa shape index (κ3) is 8.89. The van der Waals surface area contributed by atoms with Crippen molar-refractivity contribution in [3.63, 3.8) is 0 Å². The number of nitrogens with zero attached hydrogens (tertiary/aromatic N) is 1. The van der Waals surface area contributed by atoms with Gasteiger partial charge in [0.15, 0.2) is 12.6 Å².